The minimum absolute atomic E-state index is 0.105. The second kappa shape index (κ2) is 8.66. The number of benzene rings is 2. The van der Waals surface area contributed by atoms with E-state index in [1.807, 2.05) is 70.1 Å². The molecule has 0 saturated carbocycles. The number of rotatable bonds is 5. The second-order valence-corrected chi connectivity index (χ2v) is 7.73. The number of hydrogen-bond donors (Lipinski definition) is 0. The Kier molecular flexibility index (Phi) is 5.41. The zero-order chi connectivity index (χ0) is 21.9. The van der Waals surface area contributed by atoms with Crippen LogP contribution in [0.15, 0.2) is 67.0 Å². The summed E-state index contributed by atoms with van der Waals surface area (Å²) in [7, 11) is 1.65. The van der Waals surface area contributed by atoms with Crippen molar-refractivity contribution in [3.05, 3.63) is 67.0 Å². The minimum Gasteiger partial charge on any atom is -0.497 e. The number of fused-ring (bicyclic) bond motifs is 1. The van der Waals surface area contributed by atoms with E-state index in [-0.39, 0.29) is 5.91 Å². The highest BCUT2D eigenvalue weighted by atomic mass is 16.5. The largest absolute Gasteiger partial charge is 0.497 e. The van der Waals surface area contributed by atoms with Crippen molar-refractivity contribution in [2.24, 2.45) is 0 Å². The van der Waals surface area contributed by atoms with Crippen LogP contribution in [-0.4, -0.2) is 63.8 Å². The van der Waals surface area contributed by atoms with E-state index in [9.17, 15) is 4.79 Å². The lowest BCUT2D eigenvalue weighted by atomic mass is 10.1. The zero-order valence-electron chi connectivity index (χ0n) is 17.9. The van der Waals surface area contributed by atoms with Gasteiger partial charge in [-0.25, -0.2) is 4.98 Å². The summed E-state index contributed by atoms with van der Waals surface area (Å²) in [5, 5.41) is 8.80. The van der Waals surface area contributed by atoms with Crippen molar-refractivity contribution < 1.29 is 9.53 Å². The van der Waals surface area contributed by atoms with Crippen LogP contribution in [0.1, 0.15) is 0 Å². The maximum atomic E-state index is 12.8. The number of methoxy groups -OCH3 is 1. The Balaban J connectivity index is 1.19. The number of anilines is 1. The van der Waals surface area contributed by atoms with Gasteiger partial charge in [-0.3, -0.25) is 4.79 Å². The Labute approximate surface area is 186 Å². The molecule has 8 heteroatoms. The molecule has 0 aliphatic carbocycles. The number of hydrogen-bond acceptors (Lipinski definition) is 6. The van der Waals surface area contributed by atoms with Crippen LogP contribution < -0.4 is 9.64 Å². The normalized spacial score (nSPS) is 14.0. The van der Waals surface area contributed by atoms with Crippen LogP contribution in [0.25, 0.3) is 22.3 Å². The number of aromatic nitrogens is 4. The highest BCUT2D eigenvalue weighted by Gasteiger charge is 2.22. The molecule has 2 aromatic carbocycles. The van der Waals surface area contributed by atoms with Crippen LogP contribution >= 0.6 is 0 Å². The molecule has 8 nitrogen and oxygen atoms in total. The van der Waals surface area contributed by atoms with Gasteiger partial charge >= 0.3 is 0 Å². The molecule has 0 radical (unpaired) electrons. The summed E-state index contributed by atoms with van der Waals surface area (Å²) >= 11 is 0. The molecule has 3 heterocycles. The van der Waals surface area contributed by atoms with Crippen LogP contribution in [0.4, 0.5) is 5.82 Å². The van der Waals surface area contributed by atoms with E-state index in [0.717, 1.165) is 46.9 Å². The molecule has 1 saturated heterocycles. The molecule has 0 N–H and O–H groups in total. The zero-order valence-corrected chi connectivity index (χ0v) is 17.9. The molecule has 1 fully saturated rings. The van der Waals surface area contributed by atoms with E-state index >= 15 is 0 Å². The second-order valence-electron chi connectivity index (χ2n) is 7.73. The number of imidazole rings is 1. The maximum Gasteiger partial charge on any atom is 0.242 e. The van der Waals surface area contributed by atoms with E-state index in [4.69, 9.17) is 4.74 Å². The Morgan fingerprint density at radius 2 is 1.72 bits per heavy atom. The third-order valence-electron chi connectivity index (χ3n) is 5.83. The van der Waals surface area contributed by atoms with Gasteiger partial charge in [0.25, 0.3) is 0 Å². The van der Waals surface area contributed by atoms with Crippen LogP contribution in [0, 0.1) is 0 Å². The average Bonchev–Trinajstić information content (AvgIpc) is 3.27. The maximum absolute atomic E-state index is 12.8. The SMILES string of the molecule is COc1ccc(-c2ccc(N3CCN(C(=O)Cn4cnc5ccccc54)CC3)nn2)cc1. The Hall–Kier alpha value is -3.94. The standard InChI is InChI=1S/C24H24N6O2/c1-32-19-8-6-18(7-9-19)20-10-11-23(27-26-20)28-12-14-29(15-13-28)24(31)16-30-17-25-21-4-2-3-5-22(21)30/h2-11,17H,12-16H2,1H3. The van der Waals surface area contributed by atoms with Crippen molar-refractivity contribution in [2.75, 3.05) is 38.2 Å². The molecule has 1 aliphatic heterocycles. The number of carbonyl (C=O) groups excluding carboxylic acids is 1. The summed E-state index contributed by atoms with van der Waals surface area (Å²) in [4.78, 5) is 21.3. The van der Waals surface area contributed by atoms with Gasteiger partial charge in [-0.2, -0.15) is 0 Å². The minimum atomic E-state index is 0.105. The summed E-state index contributed by atoms with van der Waals surface area (Å²) < 4.78 is 7.11. The molecule has 0 unspecified atom stereocenters. The fraction of sp³-hybridized carbons (Fsp3) is 0.250. The van der Waals surface area contributed by atoms with Crippen LogP contribution in [-0.2, 0) is 11.3 Å². The molecule has 0 atom stereocenters. The first-order valence-corrected chi connectivity index (χ1v) is 10.6. The number of carbonyl (C=O) groups is 1. The third kappa shape index (κ3) is 3.99. The third-order valence-corrected chi connectivity index (χ3v) is 5.83. The van der Waals surface area contributed by atoms with E-state index in [2.05, 4.69) is 20.1 Å². The fourth-order valence-corrected chi connectivity index (χ4v) is 3.98. The highest BCUT2D eigenvalue weighted by Crippen LogP contribution is 2.22. The average molecular weight is 428 g/mol. The lowest BCUT2D eigenvalue weighted by molar-refractivity contribution is -0.132. The molecule has 2 aromatic heterocycles. The predicted molar refractivity (Wildman–Crippen MR) is 123 cm³/mol. The lowest BCUT2D eigenvalue weighted by Gasteiger charge is -2.35. The molecule has 162 valence electrons. The Bertz CT molecular complexity index is 1210. The highest BCUT2D eigenvalue weighted by molar-refractivity contribution is 5.80. The van der Waals surface area contributed by atoms with Crippen LogP contribution in [0.2, 0.25) is 0 Å². The monoisotopic (exact) mass is 428 g/mol. The summed E-state index contributed by atoms with van der Waals surface area (Å²) in [5.74, 6) is 1.75. The van der Waals surface area contributed by atoms with Gasteiger partial charge in [0, 0.05) is 31.7 Å². The lowest BCUT2D eigenvalue weighted by Crippen LogP contribution is -2.49. The molecule has 32 heavy (non-hydrogen) atoms. The van der Waals surface area contributed by atoms with Gasteiger partial charge in [-0.1, -0.05) is 12.1 Å². The van der Waals surface area contributed by atoms with Gasteiger partial charge < -0.3 is 19.1 Å². The van der Waals surface area contributed by atoms with E-state index in [1.54, 1.807) is 13.4 Å². The molecule has 1 amide bonds. The molecular formula is C24H24N6O2. The molecular weight excluding hydrogens is 404 g/mol. The first kappa shape index (κ1) is 20.0. The summed E-state index contributed by atoms with van der Waals surface area (Å²) in [6.45, 7) is 3.08. The smallest absolute Gasteiger partial charge is 0.242 e. The van der Waals surface area contributed by atoms with E-state index in [0.29, 0.717) is 19.6 Å². The first-order valence-electron chi connectivity index (χ1n) is 10.6. The summed E-state index contributed by atoms with van der Waals surface area (Å²) in [6.07, 6.45) is 1.73. The van der Waals surface area contributed by atoms with Crippen molar-refractivity contribution in [3.8, 4) is 17.0 Å². The number of amides is 1. The Morgan fingerprint density at radius 1 is 0.938 bits per heavy atom. The topological polar surface area (TPSA) is 76.4 Å². The van der Waals surface area contributed by atoms with Gasteiger partial charge in [0.05, 0.1) is 30.2 Å². The first-order chi connectivity index (χ1) is 15.7. The molecule has 0 bridgehead atoms. The van der Waals surface area contributed by atoms with Gasteiger partial charge in [0.2, 0.25) is 5.91 Å². The summed E-state index contributed by atoms with van der Waals surface area (Å²) in [5.41, 5.74) is 3.69. The molecule has 1 aliphatic rings. The Morgan fingerprint density at radius 3 is 2.44 bits per heavy atom. The van der Waals surface area contributed by atoms with Gasteiger partial charge in [-0.15, -0.1) is 10.2 Å². The van der Waals surface area contributed by atoms with Gasteiger partial charge in [0.1, 0.15) is 12.3 Å². The van der Waals surface area contributed by atoms with Crippen LogP contribution in [0.3, 0.4) is 0 Å². The van der Waals surface area contributed by atoms with Crippen molar-refractivity contribution in [1.82, 2.24) is 24.6 Å². The van der Waals surface area contributed by atoms with Crippen molar-refractivity contribution in [1.29, 1.82) is 0 Å². The number of piperazine rings is 1. The van der Waals surface area contributed by atoms with E-state index in [1.165, 1.54) is 0 Å². The fourth-order valence-electron chi connectivity index (χ4n) is 3.98. The molecule has 4 aromatic rings. The van der Waals surface area contributed by atoms with Crippen molar-refractivity contribution in [2.45, 2.75) is 6.54 Å². The van der Waals surface area contributed by atoms with Crippen LogP contribution in [0.5, 0.6) is 5.75 Å². The molecule has 0 spiro atoms. The van der Waals surface area contributed by atoms with Gasteiger partial charge in [0.15, 0.2) is 5.82 Å². The number of para-hydroxylation sites is 2. The van der Waals surface area contributed by atoms with Crippen molar-refractivity contribution in [3.63, 3.8) is 0 Å². The quantitative estimate of drug-likeness (QED) is 0.487. The summed E-state index contributed by atoms with van der Waals surface area (Å²) in [6, 6.07) is 19.6. The van der Waals surface area contributed by atoms with E-state index < -0.39 is 0 Å². The number of nitrogens with zero attached hydrogens (tertiary/aromatic N) is 6. The predicted octanol–water partition coefficient (Wildman–Crippen LogP) is 2.85. The number of ether oxygens (including phenoxy) is 1. The molecule has 5 rings (SSSR count). The van der Waals surface area contributed by atoms with Crippen molar-refractivity contribution >= 4 is 22.8 Å². The van der Waals surface area contributed by atoms with Gasteiger partial charge in [-0.05, 0) is 48.5 Å².